The van der Waals surface area contributed by atoms with E-state index >= 15 is 0 Å². The van der Waals surface area contributed by atoms with Crippen molar-refractivity contribution in [3.8, 4) is 22.5 Å². The first kappa shape index (κ1) is 38.0. The summed E-state index contributed by atoms with van der Waals surface area (Å²) in [6.45, 7) is 0. The number of aromatic nitrogens is 2. The van der Waals surface area contributed by atoms with Crippen LogP contribution in [0.15, 0.2) is 255 Å². The van der Waals surface area contributed by atoms with E-state index in [1.165, 1.54) is 44.5 Å². The highest BCUT2D eigenvalue weighted by Crippen LogP contribution is 2.40. The van der Waals surface area contributed by atoms with Crippen molar-refractivity contribution < 1.29 is 0 Å². The van der Waals surface area contributed by atoms with Gasteiger partial charge in [0.15, 0.2) is 0 Å². The zero-order valence-corrected chi connectivity index (χ0v) is 34.1. The molecule has 0 saturated carbocycles. The van der Waals surface area contributed by atoms with Crippen LogP contribution in [-0.2, 0) is 0 Å². The summed E-state index contributed by atoms with van der Waals surface area (Å²) in [5.41, 5.74) is 17.7. The van der Waals surface area contributed by atoms with Crippen LogP contribution in [0, 0.1) is 0 Å². The molecule has 1 heterocycles. The molecule has 0 bridgehead atoms. The van der Waals surface area contributed by atoms with Crippen molar-refractivity contribution in [2.24, 2.45) is 0 Å². The fraction of sp³-hybridized carbons (Fsp3) is 0. The smallest absolute Gasteiger partial charge is 0.101 e. The molecule has 1 aromatic heterocycles. The Kier molecular flexibility index (Phi) is 10.8. The van der Waals surface area contributed by atoms with Crippen molar-refractivity contribution in [1.82, 2.24) is 10.2 Å². The Morgan fingerprint density at radius 1 is 0.194 bits per heavy atom. The molecule has 9 aromatic carbocycles. The number of fused-ring (bicyclic) bond motifs is 1. The minimum absolute atomic E-state index is 0.855. The van der Waals surface area contributed by atoms with Crippen molar-refractivity contribution >= 4 is 33.1 Å². The Labute approximate surface area is 363 Å². The fourth-order valence-corrected chi connectivity index (χ4v) is 8.57. The van der Waals surface area contributed by atoms with Crippen LogP contribution in [0.25, 0.3) is 55.6 Å². The first-order chi connectivity index (χ1) is 30.8. The topological polar surface area (TPSA) is 25.8 Å². The summed E-state index contributed by atoms with van der Waals surface area (Å²) < 4.78 is 0. The summed E-state index contributed by atoms with van der Waals surface area (Å²) in [4.78, 5) is 0. The molecule has 10 rings (SSSR count). The summed E-state index contributed by atoms with van der Waals surface area (Å²) in [7, 11) is 0. The summed E-state index contributed by atoms with van der Waals surface area (Å²) in [6, 6.07) is 90.3. The molecule has 10 aromatic rings. The van der Waals surface area contributed by atoms with Crippen LogP contribution >= 0.6 is 0 Å². The Balaban J connectivity index is 1.06. The maximum absolute atomic E-state index is 4.96. The average Bonchev–Trinajstić information content (AvgIpc) is 3.36. The van der Waals surface area contributed by atoms with Crippen molar-refractivity contribution in [2.45, 2.75) is 0 Å². The van der Waals surface area contributed by atoms with Gasteiger partial charge in [-0.05, 0) is 66.8 Å². The van der Waals surface area contributed by atoms with Crippen LogP contribution in [-0.4, -0.2) is 10.2 Å². The largest absolute Gasteiger partial charge is 0.149 e. The molecule has 2 heteroatoms. The Morgan fingerprint density at radius 3 is 0.613 bits per heavy atom. The van der Waals surface area contributed by atoms with Gasteiger partial charge in [0.2, 0.25) is 0 Å². The van der Waals surface area contributed by atoms with Crippen LogP contribution in [0.3, 0.4) is 0 Å². The third kappa shape index (κ3) is 7.70. The van der Waals surface area contributed by atoms with E-state index in [4.69, 9.17) is 10.2 Å². The molecule has 2 nitrogen and oxygen atoms in total. The molecule has 0 atom stereocenters. The normalized spacial score (nSPS) is 10.9. The van der Waals surface area contributed by atoms with Crippen molar-refractivity contribution in [2.75, 3.05) is 0 Å². The summed E-state index contributed by atoms with van der Waals surface area (Å²) in [5, 5.41) is 12.0. The maximum Gasteiger partial charge on any atom is 0.101 e. The van der Waals surface area contributed by atoms with Gasteiger partial charge >= 0.3 is 0 Å². The van der Waals surface area contributed by atoms with Crippen LogP contribution in [0.2, 0.25) is 0 Å². The number of benzene rings is 9. The first-order valence-electron chi connectivity index (χ1n) is 21.1. The Morgan fingerprint density at radius 2 is 0.387 bits per heavy atom. The van der Waals surface area contributed by atoms with Gasteiger partial charge in [-0.1, -0.05) is 255 Å². The molecular weight excluding hydrogens is 749 g/mol. The number of rotatable bonds is 10. The van der Waals surface area contributed by atoms with E-state index in [-0.39, 0.29) is 0 Å². The van der Waals surface area contributed by atoms with E-state index in [2.05, 4.69) is 255 Å². The molecule has 0 N–H and O–H groups in total. The molecule has 0 aliphatic rings. The molecule has 0 aliphatic heterocycles. The zero-order chi connectivity index (χ0) is 41.5. The molecule has 0 spiro atoms. The second-order valence-corrected chi connectivity index (χ2v) is 15.3. The number of hydrogen-bond acceptors (Lipinski definition) is 2. The van der Waals surface area contributed by atoms with E-state index in [1.807, 2.05) is 0 Å². The van der Waals surface area contributed by atoms with Gasteiger partial charge < -0.3 is 0 Å². The van der Waals surface area contributed by atoms with E-state index in [9.17, 15) is 0 Å². The third-order valence-electron chi connectivity index (χ3n) is 11.5. The molecule has 0 aliphatic carbocycles. The number of nitrogens with zero attached hydrogens (tertiary/aromatic N) is 2. The van der Waals surface area contributed by atoms with E-state index in [0.29, 0.717) is 0 Å². The minimum Gasteiger partial charge on any atom is -0.149 e. The quantitative estimate of drug-likeness (QED) is 0.129. The summed E-state index contributed by atoms with van der Waals surface area (Å²) in [6.07, 6.45) is 0. The molecule has 0 radical (unpaired) electrons. The SMILES string of the molecule is c1ccc(C(=C(c2ccccc2)c2ccc(-c3nnc(-c4ccc(C(=C(c5ccccc5)c5ccccc5)c5ccccc5)cc4)c4ccccc34)cc2)c2ccccc2)cc1. The van der Waals surface area contributed by atoms with Crippen molar-refractivity contribution in [3.05, 3.63) is 299 Å². The standard InChI is InChI=1S/C60H42N2/c1-7-21-43(22-8-1)55(44-23-9-2-10-24-44)57(47-29-15-5-16-30-47)49-35-39-51(40-36-49)59-53-33-19-20-34-54(53)60(62-61-59)52-41-37-50(38-42-52)58(48-31-17-6-18-32-48)56(45-25-11-3-12-26-45)46-27-13-4-14-28-46/h1-42H. The number of hydrogen-bond donors (Lipinski definition) is 0. The lowest BCUT2D eigenvalue weighted by atomic mass is 9.85. The predicted molar refractivity (Wildman–Crippen MR) is 259 cm³/mol. The average molecular weight is 791 g/mol. The van der Waals surface area contributed by atoms with Crippen molar-refractivity contribution in [1.29, 1.82) is 0 Å². The first-order valence-corrected chi connectivity index (χ1v) is 21.1. The summed E-state index contributed by atoms with van der Waals surface area (Å²) in [5.74, 6) is 0. The van der Waals surface area contributed by atoms with Gasteiger partial charge in [0.1, 0.15) is 11.4 Å². The van der Waals surface area contributed by atoms with E-state index in [1.54, 1.807) is 0 Å². The second kappa shape index (κ2) is 17.6. The molecule has 0 saturated heterocycles. The Hall–Kier alpha value is -8.20. The van der Waals surface area contributed by atoms with Crippen LogP contribution in [0.5, 0.6) is 0 Å². The highest BCUT2D eigenvalue weighted by Gasteiger charge is 2.19. The van der Waals surface area contributed by atoms with E-state index in [0.717, 1.165) is 55.5 Å². The van der Waals surface area contributed by atoms with Crippen molar-refractivity contribution in [3.63, 3.8) is 0 Å². The molecule has 0 fully saturated rings. The second-order valence-electron chi connectivity index (χ2n) is 15.3. The van der Waals surface area contributed by atoms with Gasteiger partial charge in [0.05, 0.1) is 0 Å². The van der Waals surface area contributed by atoms with Gasteiger partial charge in [-0.25, -0.2) is 0 Å². The molecule has 292 valence electrons. The lowest BCUT2D eigenvalue weighted by Crippen LogP contribution is -1.99. The monoisotopic (exact) mass is 790 g/mol. The Bertz CT molecular complexity index is 2840. The fourth-order valence-electron chi connectivity index (χ4n) is 8.57. The van der Waals surface area contributed by atoms with Gasteiger partial charge in [0, 0.05) is 21.9 Å². The molecular formula is C60H42N2. The van der Waals surface area contributed by atoms with Gasteiger partial charge in [-0.3, -0.25) is 0 Å². The summed E-state index contributed by atoms with van der Waals surface area (Å²) >= 11 is 0. The van der Waals surface area contributed by atoms with Crippen LogP contribution in [0.1, 0.15) is 44.5 Å². The predicted octanol–water partition coefficient (Wildman–Crippen LogP) is 15.0. The van der Waals surface area contributed by atoms with Gasteiger partial charge in [0.25, 0.3) is 0 Å². The molecule has 0 amide bonds. The lowest BCUT2D eigenvalue weighted by molar-refractivity contribution is 1.06. The third-order valence-corrected chi connectivity index (χ3v) is 11.5. The molecule has 62 heavy (non-hydrogen) atoms. The lowest BCUT2D eigenvalue weighted by Gasteiger charge is -2.19. The van der Waals surface area contributed by atoms with Crippen LogP contribution < -0.4 is 0 Å². The van der Waals surface area contributed by atoms with Gasteiger partial charge in [-0.2, -0.15) is 0 Å². The zero-order valence-electron chi connectivity index (χ0n) is 34.1. The maximum atomic E-state index is 4.96. The minimum atomic E-state index is 0.855. The van der Waals surface area contributed by atoms with E-state index < -0.39 is 0 Å². The molecule has 0 unspecified atom stereocenters. The highest BCUT2D eigenvalue weighted by atomic mass is 15.1. The van der Waals surface area contributed by atoms with Crippen LogP contribution in [0.4, 0.5) is 0 Å². The highest BCUT2D eigenvalue weighted by molar-refractivity contribution is 6.07. The van der Waals surface area contributed by atoms with Gasteiger partial charge in [-0.15, -0.1) is 10.2 Å².